The molecule has 0 fully saturated rings. The van der Waals surface area contributed by atoms with Crippen molar-refractivity contribution in [1.82, 2.24) is 30.4 Å². The third-order valence-corrected chi connectivity index (χ3v) is 4.61. The van der Waals surface area contributed by atoms with Crippen molar-refractivity contribution in [2.75, 3.05) is 6.54 Å². The van der Waals surface area contributed by atoms with Crippen LogP contribution >= 0.6 is 0 Å². The first-order valence-corrected chi connectivity index (χ1v) is 9.04. The van der Waals surface area contributed by atoms with Crippen molar-refractivity contribution < 1.29 is 14.7 Å². The van der Waals surface area contributed by atoms with Gasteiger partial charge in [0.15, 0.2) is 0 Å². The van der Waals surface area contributed by atoms with E-state index in [-0.39, 0.29) is 11.8 Å². The third kappa shape index (κ3) is 5.10. The number of rotatable bonds is 3. The average Bonchev–Trinajstić information content (AvgIpc) is 3.13. The minimum atomic E-state index is -0.833. The summed E-state index contributed by atoms with van der Waals surface area (Å²) in [5, 5.41) is 18.0. The highest BCUT2D eigenvalue weighted by molar-refractivity contribution is 5.78. The number of aryl methyl sites for hydroxylation is 1. The van der Waals surface area contributed by atoms with Gasteiger partial charge in [-0.3, -0.25) is 14.6 Å². The van der Waals surface area contributed by atoms with Gasteiger partial charge in [0.25, 0.3) is 5.97 Å². The van der Waals surface area contributed by atoms with Gasteiger partial charge in [0.1, 0.15) is 12.2 Å². The molecule has 0 radical (unpaired) electrons. The molecule has 0 aliphatic carbocycles. The Morgan fingerprint density at radius 2 is 2.19 bits per heavy atom. The van der Waals surface area contributed by atoms with Gasteiger partial charge in [-0.25, -0.2) is 9.67 Å². The number of nitrogens with zero attached hydrogens (tertiary/aromatic N) is 4. The highest BCUT2D eigenvalue weighted by Gasteiger charge is 2.25. The molecule has 27 heavy (non-hydrogen) atoms. The second-order valence-electron chi connectivity index (χ2n) is 6.71. The number of carbonyl (C=O) groups excluding carboxylic acids is 1. The van der Waals surface area contributed by atoms with Crippen molar-refractivity contribution in [2.24, 2.45) is 5.92 Å². The van der Waals surface area contributed by atoms with Crippen LogP contribution in [-0.2, 0) is 42.1 Å². The first-order chi connectivity index (χ1) is 13.0. The molecule has 1 amide bonds. The molecule has 2 aliphatic rings. The SMILES string of the molecule is CC(=O)O.O=C(NCc1cnc2c(c1)CNCC2)C1CCc2ncnn2C1. The van der Waals surface area contributed by atoms with Crippen molar-refractivity contribution in [2.45, 2.75) is 45.8 Å². The van der Waals surface area contributed by atoms with Gasteiger partial charge in [0, 0.05) is 51.3 Å². The van der Waals surface area contributed by atoms with Crippen molar-refractivity contribution in [1.29, 1.82) is 0 Å². The molecule has 4 heterocycles. The summed E-state index contributed by atoms with van der Waals surface area (Å²) in [7, 11) is 0. The molecule has 1 atom stereocenters. The van der Waals surface area contributed by atoms with Gasteiger partial charge in [0.05, 0.1) is 12.5 Å². The molecular weight excluding hydrogens is 348 g/mol. The van der Waals surface area contributed by atoms with Crippen LogP contribution in [0.5, 0.6) is 0 Å². The van der Waals surface area contributed by atoms with E-state index in [1.807, 2.05) is 10.9 Å². The quantitative estimate of drug-likeness (QED) is 0.708. The Balaban J connectivity index is 0.000000481. The highest BCUT2D eigenvalue weighted by Crippen LogP contribution is 2.18. The minimum Gasteiger partial charge on any atom is -0.481 e. The lowest BCUT2D eigenvalue weighted by Gasteiger charge is -2.22. The molecule has 2 aromatic rings. The minimum absolute atomic E-state index is 0.0311. The smallest absolute Gasteiger partial charge is 0.300 e. The summed E-state index contributed by atoms with van der Waals surface area (Å²) in [4.78, 5) is 30.1. The zero-order chi connectivity index (χ0) is 19.2. The zero-order valence-electron chi connectivity index (χ0n) is 15.3. The maximum Gasteiger partial charge on any atom is 0.300 e. The van der Waals surface area contributed by atoms with Crippen LogP contribution in [0.15, 0.2) is 18.6 Å². The second kappa shape index (κ2) is 8.72. The Bertz CT molecular complexity index is 815. The number of aromatic nitrogens is 4. The fourth-order valence-corrected chi connectivity index (χ4v) is 3.28. The molecular formula is C18H24N6O3. The number of carboxylic acid groups (broad SMARTS) is 1. The summed E-state index contributed by atoms with van der Waals surface area (Å²) in [6.07, 6.45) is 6.05. The van der Waals surface area contributed by atoms with Gasteiger partial charge in [-0.05, 0) is 23.6 Å². The number of amides is 1. The Morgan fingerprint density at radius 3 is 3.00 bits per heavy atom. The third-order valence-electron chi connectivity index (χ3n) is 4.61. The molecule has 0 spiro atoms. The average molecular weight is 372 g/mol. The lowest BCUT2D eigenvalue weighted by atomic mass is 9.98. The first-order valence-electron chi connectivity index (χ1n) is 9.04. The summed E-state index contributed by atoms with van der Waals surface area (Å²) < 4.78 is 1.83. The molecule has 0 saturated carbocycles. The van der Waals surface area contributed by atoms with Crippen molar-refractivity contribution in [3.63, 3.8) is 0 Å². The molecule has 1 unspecified atom stereocenters. The summed E-state index contributed by atoms with van der Waals surface area (Å²) in [6.45, 7) is 4.08. The number of carboxylic acids is 1. The van der Waals surface area contributed by atoms with E-state index in [4.69, 9.17) is 9.90 Å². The maximum atomic E-state index is 12.4. The fourth-order valence-electron chi connectivity index (χ4n) is 3.28. The summed E-state index contributed by atoms with van der Waals surface area (Å²) >= 11 is 0. The number of pyridine rings is 1. The number of fused-ring (bicyclic) bond motifs is 2. The van der Waals surface area contributed by atoms with Crippen molar-refractivity contribution in [3.05, 3.63) is 41.2 Å². The lowest BCUT2D eigenvalue weighted by Crippen LogP contribution is -2.36. The predicted octanol–water partition coefficient (Wildman–Crippen LogP) is 0.288. The standard InChI is InChI=1S/C16H20N6O.C2H4O2/c23-16(12-1-2-15-20-10-21-22(15)9-12)19-7-11-5-13-8-17-4-3-14(13)18-6-11;1-2(3)4/h5-6,10,12,17H,1-4,7-9H2,(H,19,23);1H3,(H,3,4). The molecule has 0 saturated heterocycles. The van der Waals surface area contributed by atoms with Gasteiger partial charge in [0.2, 0.25) is 5.91 Å². The van der Waals surface area contributed by atoms with Gasteiger partial charge in [-0.1, -0.05) is 0 Å². The van der Waals surface area contributed by atoms with Crippen LogP contribution in [0.25, 0.3) is 0 Å². The van der Waals surface area contributed by atoms with Gasteiger partial charge < -0.3 is 15.7 Å². The van der Waals surface area contributed by atoms with Gasteiger partial charge >= 0.3 is 0 Å². The maximum absolute atomic E-state index is 12.4. The van der Waals surface area contributed by atoms with E-state index in [0.717, 1.165) is 50.7 Å². The number of carbonyl (C=O) groups is 2. The van der Waals surface area contributed by atoms with Gasteiger partial charge in [-0.2, -0.15) is 5.10 Å². The lowest BCUT2D eigenvalue weighted by molar-refractivity contribution is -0.134. The molecule has 144 valence electrons. The summed E-state index contributed by atoms with van der Waals surface area (Å²) in [5.74, 6) is 0.193. The van der Waals surface area contributed by atoms with E-state index in [1.54, 1.807) is 6.33 Å². The van der Waals surface area contributed by atoms with Gasteiger partial charge in [-0.15, -0.1) is 0 Å². The molecule has 2 aromatic heterocycles. The largest absolute Gasteiger partial charge is 0.481 e. The Labute approximate surface area is 157 Å². The Hall–Kier alpha value is -2.81. The van der Waals surface area contributed by atoms with E-state index in [0.29, 0.717) is 13.1 Å². The van der Waals surface area contributed by atoms with Crippen LogP contribution in [0, 0.1) is 5.92 Å². The van der Waals surface area contributed by atoms with Crippen LogP contribution in [-0.4, -0.2) is 43.3 Å². The van der Waals surface area contributed by atoms with Crippen molar-refractivity contribution in [3.8, 4) is 0 Å². The molecule has 2 aliphatic heterocycles. The second-order valence-corrected chi connectivity index (χ2v) is 6.71. The molecule has 3 N–H and O–H groups in total. The van der Waals surface area contributed by atoms with E-state index in [2.05, 4.69) is 31.8 Å². The van der Waals surface area contributed by atoms with Crippen molar-refractivity contribution >= 4 is 11.9 Å². The molecule has 9 heteroatoms. The summed E-state index contributed by atoms with van der Waals surface area (Å²) in [6, 6.07) is 2.14. The van der Waals surface area contributed by atoms with E-state index >= 15 is 0 Å². The first kappa shape index (κ1) is 19.0. The monoisotopic (exact) mass is 372 g/mol. The van der Waals surface area contributed by atoms with Crippen LogP contribution in [0.3, 0.4) is 0 Å². The number of nitrogens with one attached hydrogen (secondary N) is 2. The number of aliphatic carboxylic acids is 1. The molecule has 4 rings (SSSR count). The Kier molecular flexibility index (Phi) is 6.12. The topological polar surface area (TPSA) is 122 Å². The van der Waals surface area contributed by atoms with Crippen LogP contribution < -0.4 is 10.6 Å². The van der Waals surface area contributed by atoms with E-state index in [1.165, 1.54) is 11.3 Å². The van der Waals surface area contributed by atoms with Crippen LogP contribution in [0.4, 0.5) is 0 Å². The number of hydrogen-bond acceptors (Lipinski definition) is 6. The molecule has 0 bridgehead atoms. The Morgan fingerprint density at radius 1 is 1.37 bits per heavy atom. The van der Waals surface area contributed by atoms with E-state index in [9.17, 15) is 4.79 Å². The predicted molar refractivity (Wildman–Crippen MR) is 96.6 cm³/mol. The van der Waals surface area contributed by atoms with Crippen LogP contribution in [0.1, 0.15) is 36.0 Å². The molecule has 0 aromatic carbocycles. The zero-order valence-corrected chi connectivity index (χ0v) is 15.3. The van der Waals surface area contributed by atoms with Crippen LogP contribution in [0.2, 0.25) is 0 Å². The fraction of sp³-hybridized carbons (Fsp3) is 0.500. The normalized spacial score (nSPS) is 17.7. The summed E-state index contributed by atoms with van der Waals surface area (Å²) in [5.41, 5.74) is 3.47. The molecule has 9 nitrogen and oxygen atoms in total. The number of hydrogen-bond donors (Lipinski definition) is 3. The highest BCUT2D eigenvalue weighted by atomic mass is 16.4. The van der Waals surface area contributed by atoms with E-state index < -0.39 is 5.97 Å².